The Labute approximate surface area is 251 Å². The molecule has 43 heavy (non-hydrogen) atoms. The summed E-state index contributed by atoms with van der Waals surface area (Å²) in [6.45, 7) is 6.08. The molecule has 1 fully saturated rings. The van der Waals surface area contributed by atoms with Crippen molar-refractivity contribution in [3.63, 3.8) is 0 Å². The van der Waals surface area contributed by atoms with Crippen LogP contribution in [0.25, 0.3) is 22.4 Å². The van der Waals surface area contributed by atoms with Crippen LogP contribution in [0.2, 0.25) is 0 Å². The highest BCUT2D eigenvalue weighted by Gasteiger charge is 2.32. The summed E-state index contributed by atoms with van der Waals surface area (Å²) >= 11 is 0. The molecule has 224 valence electrons. The smallest absolute Gasteiger partial charge is 0.308 e. The van der Waals surface area contributed by atoms with Gasteiger partial charge in [-0.05, 0) is 72.5 Å². The Hall–Kier alpha value is -4.27. The van der Waals surface area contributed by atoms with E-state index in [0.29, 0.717) is 36.2 Å². The van der Waals surface area contributed by atoms with E-state index in [-0.39, 0.29) is 24.1 Å². The van der Waals surface area contributed by atoms with E-state index in [4.69, 9.17) is 4.74 Å². The maximum atomic E-state index is 14.3. The van der Waals surface area contributed by atoms with Crippen LogP contribution in [0, 0.1) is 5.82 Å². The van der Waals surface area contributed by atoms with Gasteiger partial charge < -0.3 is 24.8 Å². The molecule has 1 aromatic heterocycles. The number of aliphatic hydroxyl groups is 2. The molecular weight excluding hydrogens is 547 g/mol. The Morgan fingerprint density at radius 1 is 1.12 bits per heavy atom. The minimum Gasteiger partial charge on any atom is -0.462 e. The third-order valence-corrected chi connectivity index (χ3v) is 7.74. The monoisotopic (exact) mass is 584 g/mol. The Bertz CT molecular complexity index is 1580. The first kappa shape index (κ1) is 30.2. The van der Waals surface area contributed by atoms with Crippen molar-refractivity contribution < 1.29 is 28.9 Å². The second-order valence-electron chi connectivity index (χ2n) is 11.7. The van der Waals surface area contributed by atoms with E-state index in [1.54, 1.807) is 49.4 Å². The lowest BCUT2D eigenvalue weighted by molar-refractivity contribution is -0.160. The van der Waals surface area contributed by atoms with Crippen LogP contribution in [0.5, 0.6) is 0 Å². The van der Waals surface area contributed by atoms with Crippen molar-refractivity contribution in [1.82, 2.24) is 9.88 Å². The highest BCUT2D eigenvalue weighted by atomic mass is 19.1. The van der Waals surface area contributed by atoms with E-state index >= 15 is 0 Å². The van der Waals surface area contributed by atoms with E-state index in [2.05, 4.69) is 9.88 Å². The third kappa shape index (κ3) is 6.87. The minimum absolute atomic E-state index is 0.0184. The normalized spacial score (nSPS) is 21.8. The van der Waals surface area contributed by atoms with Crippen LogP contribution in [-0.4, -0.2) is 44.5 Å². The number of rotatable bonds is 8. The van der Waals surface area contributed by atoms with Crippen LogP contribution in [0.3, 0.4) is 0 Å². The molecule has 3 aromatic rings. The first-order valence-corrected chi connectivity index (χ1v) is 14.6. The van der Waals surface area contributed by atoms with E-state index < -0.39 is 23.8 Å². The number of benzene rings is 2. The Kier molecular flexibility index (Phi) is 8.80. The number of esters is 1. The summed E-state index contributed by atoms with van der Waals surface area (Å²) in [5, 5.41) is 23.7. The molecule has 0 saturated carbocycles. The number of hydrogen-bond acceptors (Lipinski definition) is 5. The quantitative estimate of drug-likeness (QED) is 0.281. The number of carbonyl (C=O) groups excluding carboxylic acids is 2. The van der Waals surface area contributed by atoms with Crippen LogP contribution >= 0.6 is 0 Å². The summed E-state index contributed by atoms with van der Waals surface area (Å²) < 4.78 is 21.7. The molecule has 1 amide bonds. The minimum atomic E-state index is -1.14. The third-order valence-electron chi connectivity index (χ3n) is 7.74. The van der Waals surface area contributed by atoms with E-state index in [1.807, 2.05) is 44.2 Å². The molecule has 2 aromatic carbocycles. The van der Waals surface area contributed by atoms with Crippen molar-refractivity contribution in [2.24, 2.45) is 0 Å². The topological polar surface area (TPSA) is 101 Å². The molecule has 0 radical (unpaired) electrons. The first-order chi connectivity index (χ1) is 20.5. The summed E-state index contributed by atoms with van der Waals surface area (Å²) in [4.78, 5) is 26.4. The fourth-order valence-electron chi connectivity index (χ4n) is 5.80. The lowest BCUT2D eigenvalue weighted by Crippen LogP contribution is -2.33. The molecule has 1 saturated heterocycles. The van der Waals surface area contributed by atoms with Gasteiger partial charge in [0.1, 0.15) is 11.9 Å². The average Bonchev–Trinajstić information content (AvgIpc) is 3.21. The number of allylic oxidation sites excluding steroid dienone is 3. The summed E-state index contributed by atoms with van der Waals surface area (Å²) in [7, 11) is 0. The van der Waals surface area contributed by atoms with Gasteiger partial charge in [-0.3, -0.25) is 9.59 Å². The van der Waals surface area contributed by atoms with Crippen molar-refractivity contribution in [2.75, 3.05) is 0 Å². The van der Waals surface area contributed by atoms with Gasteiger partial charge in [-0.2, -0.15) is 0 Å². The molecular formula is C35H37FN2O5. The largest absolute Gasteiger partial charge is 0.462 e. The van der Waals surface area contributed by atoms with Gasteiger partial charge in [-0.25, -0.2) is 4.39 Å². The predicted molar refractivity (Wildman–Crippen MR) is 164 cm³/mol. The number of cyclic esters (lactones) is 1. The summed E-state index contributed by atoms with van der Waals surface area (Å²) in [6.07, 6.45) is 7.87. The van der Waals surface area contributed by atoms with Crippen molar-refractivity contribution in [2.45, 2.75) is 70.3 Å². The van der Waals surface area contributed by atoms with Gasteiger partial charge in [-0.1, -0.05) is 50.3 Å². The van der Waals surface area contributed by atoms with Crippen molar-refractivity contribution >= 4 is 11.9 Å². The average molecular weight is 585 g/mol. The first-order valence-electron chi connectivity index (χ1n) is 14.6. The fraction of sp³-hybridized carbons (Fsp3) is 0.314. The van der Waals surface area contributed by atoms with Gasteiger partial charge in [-0.15, -0.1) is 0 Å². The zero-order valence-electron chi connectivity index (χ0n) is 24.6. The summed E-state index contributed by atoms with van der Waals surface area (Å²) in [5.41, 5.74) is 3.64. The number of nitrogens with zero attached hydrogens (tertiary/aromatic N) is 1. The lowest BCUT2D eigenvalue weighted by atomic mass is 9.94. The zero-order chi connectivity index (χ0) is 30.7. The van der Waals surface area contributed by atoms with E-state index in [9.17, 15) is 24.2 Å². The number of aromatic nitrogens is 1. The highest BCUT2D eigenvalue weighted by Crippen LogP contribution is 2.42. The van der Waals surface area contributed by atoms with Gasteiger partial charge >= 0.3 is 5.97 Å². The number of aliphatic hydroxyl groups excluding tert-OH is 1. The number of ether oxygens (including phenoxy) is 1. The highest BCUT2D eigenvalue weighted by molar-refractivity contribution is 6.07. The molecule has 2 aliphatic rings. The van der Waals surface area contributed by atoms with Gasteiger partial charge in [0.25, 0.3) is 5.91 Å². The number of nitrogens with one attached hydrogen (secondary N) is 1. The van der Waals surface area contributed by atoms with Crippen LogP contribution in [0.4, 0.5) is 4.39 Å². The molecule has 0 bridgehead atoms. The maximum Gasteiger partial charge on any atom is 0.308 e. The van der Waals surface area contributed by atoms with E-state index in [1.165, 1.54) is 12.1 Å². The zero-order valence-corrected chi connectivity index (χ0v) is 24.6. The summed E-state index contributed by atoms with van der Waals surface area (Å²) in [5.74, 6) is -1.22. The second-order valence-corrected chi connectivity index (χ2v) is 11.7. The Morgan fingerprint density at radius 2 is 1.84 bits per heavy atom. The van der Waals surface area contributed by atoms with Gasteiger partial charge in [0.05, 0.1) is 29.4 Å². The number of carbonyl (C=O) groups is 2. The Morgan fingerprint density at radius 3 is 2.51 bits per heavy atom. The lowest BCUT2D eigenvalue weighted by Gasteiger charge is -2.27. The van der Waals surface area contributed by atoms with Crippen LogP contribution in [0.1, 0.15) is 62.0 Å². The van der Waals surface area contributed by atoms with Crippen LogP contribution in [0.15, 0.2) is 90.7 Å². The standard InChI is InChI=1S/C35H37FN2O5/c1-22(2)32-31(34(41)37-26-10-7-17-35(3,42)18-15-26)30(23-8-5-4-6-9-23)33(24-11-13-25(36)14-12-24)38(32)19-16-28-20-27(39)21-29(40)43-28/h4-15,17-18,22,27-28,39,42H,16,19-21H2,1-3H3,(H,37,41)/t27-,28?,35?/m1/s1. The number of halogens is 1. The van der Waals surface area contributed by atoms with Gasteiger partial charge in [0.2, 0.25) is 0 Å². The molecule has 3 atom stereocenters. The molecule has 3 N–H and O–H groups in total. The van der Waals surface area contributed by atoms with Gasteiger partial charge in [0, 0.05) is 36.3 Å². The summed E-state index contributed by atoms with van der Waals surface area (Å²) in [6, 6.07) is 15.8. The number of hydrogen-bond donors (Lipinski definition) is 3. The fourth-order valence-corrected chi connectivity index (χ4v) is 5.80. The molecule has 1 aliphatic heterocycles. The molecule has 2 heterocycles. The van der Waals surface area contributed by atoms with Crippen molar-refractivity contribution in [3.8, 4) is 22.4 Å². The molecule has 5 rings (SSSR count). The number of amides is 1. The Balaban J connectivity index is 1.69. The molecule has 2 unspecified atom stereocenters. The van der Waals surface area contributed by atoms with Gasteiger partial charge in [0.15, 0.2) is 0 Å². The van der Waals surface area contributed by atoms with Crippen LogP contribution in [-0.2, 0) is 16.1 Å². The SMILES string of the molecule is CC(C)c1c(C(=O)NC2=CC=CC(C)(O)C=C2)c(-c2ccccc2)c(-c2ccc(F)cc2)n1CCC1C[C@@H](O)CC(=O)O1. The second kappa shape index (κ2) is 12.5. The predicted octanol–water partition coefficient (Wildman–Crippen LogP) is 6.03. The van der Waals surface area contributed by atoms with Crippen molar-refractivity contribution in [1.29, 1.82) is 0 Å². The van der Waals surface area contributed by atoms with Crippen LogP contribution < -0.4 is 5.32 Å². The maximum absolute atomic E-state index is 14.3. The molecule has 1 aliphatic carbocycles. The molecule has 7 nitrogen and oxygen atoms in total. The molecule has 0 spiro atoms. The van der Waals surface area contributed by atoms with Crippen molar-refractivity contribution in [3.05, 3.63) is 108 Å². The molecule has 8 heteroatoms. The van der Waals surface area contributed by atoms with E-state index in [0.717, 1.165) is 22.5 Å².